The summed E-state index contributed by atoms with van der Waals surface area (Å²) >= 11 is 0. The number of nitrogens with two attached hydrogens (primary N) is 1. The highest BCUT2D eigenvalue weighted by molar-refractivity contribution is 5.03. The lowest BCUT2D eigenvalue weighted by Gasteiger charge is -2.21. The Morgan fingerprint density at radius 2 is 2.27 bits per heavy atom. The molecule has 1 aromatic heterocycles. The van der Waals surface area contributed by atoms with Crippen LogP contribution in [0.25, 0.3) is 0 Å². The lowest BCUT2D eigenvalue weighted by atomic mass is 9.96. The molecule has 3 N–H and O–H groups in total. The van der Waals surface area contributed by atoms with E-state index in [9.17, 15) is 5.11 Å². The van der Waals surface area contributed by atoms with Crippen LogP contribution >= 0.6 is 0 Å². The van der Waals surface area contributed by atoms with Gasteiger partial charge in [0.2, 0.25) is 0 Å². The van der Waals surface area contributed by atoms with Crippen molar-refractivity contribution in [3.63, 3.8) is 0 Å². The van der Waals surface area contributed by atoms with Crippen molar-refractivity contribution in [3.05, 3.63) is 18.0 Å². The van der Waals surface area contributed by atoms with Gasteiger partial charge < -0.3 is 10.8 Å². The van der Waals surface area contributed by atoms with E-state index >= 15 is 0 Å². The molecule has 0 saturated heterocycles. The predicted molar refractivity (Wildman–Crippen MR) is 60.6 cm³/mol. The van der Waals surface area contributed by atoms with Crippen molar-refractivity contribution < 1.29 is 5.11 Å². The van der Waals surface area contributed by atoms with E-state index in [4.69, 9.17) is 5.73 Å². The molecule has 0 radical (unpaired) electrons. The fourth-order valence-corrected chi connectivity index (χ4v) is 1.55. The first-order valence-electron chi connectivity index (χ1n) is 5.41. The van der Waals surface area contributed by atoms with Crippen LogP contribution in [0, 0.1) is 0 Å². The van der Waals surface area contributed by atoms with Gasteiger partial charge in [0.1, 0.15) is 0 Å². The Morgan fingerprint density at radius 1 is 1.60 bits per heavy atom. The zero-order valence-corrected chi connectivity index (χ0v) is 9.77. The first-order valence-corrected chi connectivity index (χ1v) is 5.41. The zero-order valence-electron chi connectivity index (χ0n) is 9.77. The van der Waals surface area contributed by atoms with E-state index in [2.05, 4.69) is 18.9 Å². The Kier molecular flexibility index (Phi) is 3.88. The van der Waals surface area contributed by atoms with Crippen LogP contribution in [0.15, 0.2) is 12.3 Å². The SMILES string of the molecule is CC(C)n1ccc(CC(C)(O)CCN)n1. The molecule has 1 heterocycles. The second kappa shape index (κ2) is 4.77. The number of nitrogens with zero attached hydrogens (tertiary/aromatic N) is 2. The number of aliphatic hydroxyl groups is 1. The minimum absolute atomic E-state index is 0.359. The van der Waals surface area contributed by atoms with E-state index in [0.717, 1.165) is 5.69 Å². The minimum Gasteiger partial charge on any atom is -0.390 e. The molecule has 1 aromatic rings. The van der Waals surface area contributed by atoms with Gasteiger partial charge in [-0.2, -0.15) is 5.10 Å². The lowest BCUT2D eigenvalue weighted by molar-refractivity contribution is 0.0527. The van der Waals surface area contributed by atoms with Gasteiger partial charge in [-0.15, -0.1) is 0 Å². The molecule has 1 unspecified atom stereocenters. The minimum atomic E-state index is -0.745. The third-order valence-corrected chi connectivity index (χ3v) is 2.44. The molecule has 0 aromatic carbocycles. The standard InChI is InChI=1S/C11H21N3O/c1-9(2)14-7-4-10(13-14)8-11(3,15)5-6-12/h4,7,9,15H,5-6,8,12H2,1-3H3. The zero-order chi connectivity index (χ0) is 11.5. The van der Waals surface area contributed by atoms with Gasteiger partial charge in [0.15, 0.2) is 0 Å². The maximum Gasteiger partial charge on any atom is 0.0687 e. The summed E-state index contributed by atoms with van der Waals surface area (Å²) in [6, 6.07) is 2.31. The molecule has 4 heteroatoms. The maximum atomic E-state index is 9.99. The number of rotatable bonds is 5. The highest BCUT2D eigenvalue weighted by Gasteiger charge is 2.21. The fourth-order valence-electron chi connectivity index (χ4n) is 1.55. The average Bonchev–Trinajstić information content (AvgIpc) is 2.51. The summed E-state index contributed by atoms with van der Waals surface area (Å²) in [7, 11) is 0. The topological polar surface area (TPSA) is 64.1 Å². The third-order valence-electron chi connectivity index (χ3n) is 2.44. The Hall–Kier alpha value is -0.870. The first-order chi connectivity index (χ1) is 6.94. The molecule has 0 fully saturated rings. The summed E-state index contributed by atoms with van der Waals surface area (Å²) in [6.45, 7) is 6.45. The van der Waals surface area contributed by atoms with Gasteiger partial charge in [0, 0.05) is 18.7 Å². The summed E-state index contributed by atoms with van der Waals surface area (Å²) in [6.07, 6.45) is 3.10. The average molecular weight is 211 g/mol. The summed E-state index contributed by atoms with van der Waals surface area (Å²) in [4.78, 5) is 0. The molecule has 0 aliphatic rings. The Bertz CT molecular complexity index is 305. The Morgan fingerprint density at radius 3 is 2.73 bits per heavy atom. The van der Waals surface area contributed by atoms with Gasteiger partial charge in [-0.1, -0.05) is 0 Å². The van der Waals surface area contributed by atoms with Crippen LogP contribution in [0.1, 0.15) is 38.9 Å². The largest absolute Gasteiger partial charge is 0.390 e. The van der Waals surface area contributed by atoms with E-state index in [1.165, 1.54) is 0 Å². The summed E-state index contributed by atoms with van der Waals surface area (Å²) in [5.74, 6) is 0. The number of hydrogen-bond donors (Lipinski definition) is 2. The molecule has 0 bridgehead atoms. The fraction of sp³-hybridized carbons (Fsp3) is 0.727. The van der Waals surface area contributed by atoms with E-state index in [0.29, 0.717) is 25.4 Å². The molecule has 0 spiro atoms. The number of aromatic nitrogens is 2. The molecule has 0 amide bonds. The predicted octanol–water partition coefficient (Wildman–Crippen LogP) is 1.11. The Labute approximate surface area is 91.1 Å². The highest BCUT2D eigenvalue weighted by atomic mass is 16.3. The van der Waals surface area contributed by atoms with Crippen molar-refractivity contribution in [3.8, 4) is 0 Å². The number of hydrogen-bond acceptors (Lipinski definition) is 3. The van der Waals surface area contributed by atoms with Crippen LogP contribution in [0.3, 0.4) is 0 Å². The van der Waals surface area contributed by atoms with Crippen molar-refractivity contribution >= 4 is 0 Å². The van der Waals surface area contributed by atoms with Crippen molar-refractivity contribution in [2.45, 2.75) is 45.3 Å². The normalized spacial score (nSPS) is 15.6. The van der Waals surface area contributed by atoms with Crippen LogP contribution in [0.2, 0.25) is 0 Å². The molecule has 1 atom stereocenters. The van der Waals surface area contributed by atoms with E-state index in [-0.39, 0.29) is 0 Å². The first kappa shape index (κ1) is 12.2. The quantitative estimate of drug-likeness (QED) is 0.766. The molecule has 1 rings (SSSR count). The van der Waals surface area contributed by atoms with Crippen LogP contribution in [0.5, 0.6) is 0 Å². The maximum absolute atomic E-state index is 9.99. The van der Waals surface area contributed by atoms with Crippen LogP contribution in [0.4, 0.5) is 0 Å². The summed E-state index contributed by atoms with van der Waals surface area (Å²) < 4.78 is 1.90. The second-order valence-corrected chi connectivity index (χ2v) is 4.59. The lowest BCUT2D eigenvalue weighted by Crippen LogP contribution is -2.30. The highest BCUT2D eigenvalue weighted by Crippen LogP contribution is 2.15. The van der Waals surface area contributed by atoms with E-state index < -0.39 is 5.60 Å². The van der Waals surface area contributed by atoms with Crippen molar-refractivity contribution in [2.24, 2.45) is 5.73 Å². The van der Waals surface area contributed by atoms with Gasteiger partial charge in [0.25, 0.3) is 0 Å². The molecular formula is C11H21N3O. The monoisotopic (exact) mass is 211 g/mol. The van der Waals surface area contributed by atoms with Crippen molar-refractivity contribution in [2.75, 3.05) is 6.54 Å². The van der Waals surface area contributed by atoms with Crippen LogP contribution in [-0.2, 0) is 6.42 Å². The molecular weight excluding hydrogens is 190 g/mol. The summed E-state index contributed by atoms with van der Waals surface area (Å²) in [5, 5.41) is 14.4. The summed E-state index contributed by atoms with van der Waals surface area (Å²) in [5.41, 5.74) is 5.61. The smallest absolute Gasteiger partial charge is 0.0687 e. The van der Waals surface area contributed by atoms with Crippen LogP contribution < -0.4 is 5.73 Å². The second-order valence-electron chi connectivity index (χ2n) is 4.59. The third kappa shape index (κ3) is 3.64. The van der Waals surface area contributed by atoms with Gasteiger partial charge in [0.05, 0.1) is 11.3 Å². The van der Waals surface area contributed by atoms with E-state index in [1.807, 2.05) is 16.9 Å². The molecule has 15 heavy (non-hydrogen) atoms. The molecule has 0 aliphatic carbocycles. The van der Waals surface area contributed by atoms with E-state index in [1.54, 1.807) is 6.92 Å². The van der Waals surface area contributed by atoms with Gasteiger partial charge >= 0.3 is 0 Å². The van der Waals surface area contributed by atoms with Crippen molar-refractivity contribution in [1.29, 1.82) is 0 Å². The van der Waals surface area contributed by atoms with Gasteiger partial charge in [-0.3, -0.25) is 4.68 Å². The van der Waals surface area contributed by atoms with Crippen LogP contribution in [-0.4, -0.2) is 27.0 Å². The van der Waals surface area contributed by atoms with Gasteiger partial charge in [-0.05, 0) is 39.8 Å². The Balaban J connectivity index is 2.64. The molecule has 0 saturated carbocycles. The van der Waals surface area contributed by atoms with Gasteiger partial charge in [-0.25, -0.2) is 0 Å². The van der Waals surface area contributed by atoms with Crippen molar-refractivity contribution in [1.82, 2.24) is 9.78 Å². The molecule has 0 aliphatic heterocycles. The molecule has 4 nitrogen and oxygen atoms in total. The molecule has 86 valence electrons.